The molecule has 80 valence electrons. The SMILES string of the molecule is CCOC1Oc2ccc(C(=O)Cl)cc2O1. The molecule has 1 atom stereocenters. The van der Waals surface area contributed by atoms with E-state index >= 15 is 0 Å². The number of halogens is 1. The molecule has 1 heterocycles. The molecule has 0 radical (unpaired) electrons. The van der Waals surface area contributed by atoms with Gasteiger partial charge in [-0.15, -0.1) is 0 Å². The zero-order valence-corrected chi connectivity index (χ0v) is 8.78. The Morgan fingerprint density at radius 1 is 1.47 bits per heavy atom. The Balaban J connectivity index is 2.20. The van der Waals surface area contributed by atoms with Crippen molar-refractivity contribution in [3.05, 3.63) is 23.8 Å². The van der Waals surface area contributed by atoms with Crippen molar-refractivity contribution in [3.8, 4) is 11.5 Å². The topological polar surface area (TPSA) is 44.8 Å². The highest BCUT2D eigenvalue weighted by Crippen LogP contribution is 2.35. The van der Waals surface area contributed by atoms with Crippen molar-refractivity contribution in [2.45, 2.75) is 13.4 Å². The van der Waals surface area contributed by atoms with Crippen molar-refractivity contribution in [2.24, 2.45) is 0 Å². The third-order valence-electron chi connectivity index (χ3n) is 1.92. The van der Waals surface area contributed by atoms with Gasteiger partial charge in [0.1, 0.15) is 0 Å². The van der Waals surface area contributed by atoms with E-state index in [4.69, 9.17) is 25.8 Å². The average molecular weight is 229 g/mol. The molecule has 0 spiro atoms. The fourth-order valence-corrected chi connectivity index (χ4v) is 1.37. The Hall–Kier alpha value is -1.26. The summed E-state index contributed by atoms with van der Waals surface area (Å²) in [5.74, 6) is 1.02. The van der Waals surface area contributed by atoms with Crippen molar-refractivity contribution in [1.82, 2.24) is 0 Å². The summed E-state index contributed by atoms with van der Waals surface area (Å²) >= 11 is 5.34. The lowest BCUT2D eigenvalue weighted by atomic mass is 10.2. The summed E-state index contributed by atoms with van der Waals surface area (Å²) in [6.45, 7) is 1.59. The summed E-state index contributed by atoms with van der Waals surface area (Å²) in [5.41, 5.74) is 0.371. The molecule has 1 aliphatic rings. The lowest BCUT2D eigenvalue weighted by Crippen LogP contribution is -2.21. The van der Waals surface area contributed by atoms with Crippen LogP contribution in [0.1, 0.15) is 17.3 Å². The van der Waals surface area contributed by atoms with Gasteiger partial charge < -0.3 is 14.2 Å². The van der Waals surface area contributed by atoms with Gasteiger partial charge in [-0.25, -0.2) is 0 Å². The molecule has 0 N–H and O–H groups in total. The Morgan fingerprint density at radius 2 is 2.20 bits per heavy atom. The van der Waals surface area contributed by atoms with Crippen molar-refractivity contribution >= 4 is 16.8 Å². The molecule has 0 bridgehead atoms. The zero-order chi connectivity index (χ0) is 10.8. The highest BCUT2D eigenvalue weighted by molar-refractivity contribution is 6.67. The van der Waals surface area contributed by atoms with Crippen LogP contribution in [0, 0.1) is 0 Å². The van der Waals surface area contributed by atoms with Crippen LogP contribution in [-0.4, -0.2) is 18.3 Å². The van der Waals surface area contributed by atoms with Gasteiger partial charge in [-0.1, -0.05) is 0 Å². The average Bonchev–Trinajstić information content (AvgIpc) is 2.59. The van der Waals surface area contributed by atoms with E-state index in [1.807, 2.05) is 6.92 Å². The largest absolute Gasteiger partial charge is 0.428 e. The second-order valence-electron chi connectivity index (χ2n) is 2.91. The normalized spacial score (nSPS) is 17.9. The monoisotopic (exact) mass is 228 g/mol. The van der Waals surface area contributed by atoms with Gasteiger partial charge in [0.25, 0.3) is 5.24 Å². The minimum atomic E-state index is -0.731. The van der Waals surface area contributed by atoms with Crippen molar-refractivity contribution in [1.29, 1.82) is 0 Å². The van der Waals surface area contributed by atoms with E-state index in [-0.39, 0.29) is 0 Å². The lowest BCUT2D eigenvalue weighted by Gasteiger charge is -2.07. The molecular formula is C10H9ClO4. The molecule has 0 fully saturated rings. The van der Waals surface area contributed by atoms with E-state index < -0.39 is 11.7 Å². The van der Waals surface area contributed by atoms with E-state index in [1.54, 1.807) is 12.1 Å². The second kappa shape index (κ2) is 4.08. The van der Waals surface area contributed by atoms with Crippen molar-refractivity contribution in [2.75, 3.05) is 6.61 Å². The van der Waals surface area contributed by atoms with E-state index in [1.165, 1.54) is 6.07 Å². The minimum absolute atomic E-state index is 0.371. The molecule has 1 aliphatic heterocycles. The number of hydrogen-bond acceptors (Lipinski definition) is 4. The second-order valence-corrected chi connectivity index (χ2v) is 3.26. The molecule has 1 aromatic carbocycles. The van der Waals surface area contributed by atoms with Crippen LogP contribution in [-0.2, 0) is 4.74 Å². The molecule has 4 nitrogen and oxygen atoms in total. The van der Waals surface area contributed by atoms with Gasteiger partial charge in [0, 0.05) is 5.56 Å². The number of rotatable bonds is 3. The van der Waals surface area contributed by atoms with E-state index in [9.17, 15) is 4.79 Å². The third kappa shape index (κ3) is 2.06. The van der Waals surface area contributed by atoms with Crippen LogP contribution in [0.2, 0.25) is 0 Å². The molecule has 5 heteroatoms. The van der Waals surface area contributed by atoms with Crippen LogP contribution in [0.3, 0.4) is 0 Å². The van der Waals surface area contributed by atoms with Crippen molar-refractivity contribution < 1.29 is 19.0 Å². The standard InChI is InChI=1S/C10H9ClO4/c1-2-13-10-14-7-4-3-6(9(11)12)5-8(7)15-10/h3-5,10H,2H2,1H3. The first-order valence-electron chi connectivity index (χ1n) is 4.49. The van der Waals surface area contributed by atoms with Gasteiger partial charge in [-0.2, -0.15) is 0 Å². The maximum absolute atomic E-state index is 10.9. The Bertz CT molecular complexity index is 391. The van der Waals surface area contributed by atoms with E-state index in [0.717, 1.165) is 0 Å². The number of benzene rings is 1. The van der Waals surface area contributed by atoms with Gasteiger partial charge in [0.15, 0.2) is 11.5 Å². The first kappa shape index (κ1) is 10.3. The first-order chi connectivity index (χ1) is 7.20. The first-order valence-corrected chi connectivity index (χ1v) is 4.87. The predicted molar refractivity (Wildman–Crippen MR) is 53.3 cm³/mol. The van der Waals surface area contributed by atoms with Gasteiger partial charge in [-0.05, 0) is 36.7 Å². The van der Waals surface area contributed by atoms with Gasteiger partial charge >= 0.3 is 6.48 Å². The highest BCUT2D eigenvalue weighted by atomic mass is 35.5. The van der Waals surface area contributed by atoms with Crippen LogP contribution < -0.4 is 9.47 Å². The number of carbonyl (C=O) groups excluding carboxylic acids is 1. The highest BCUT2D eigenvalue weighted by Gasteiger charge is 2.25. The molecule has 2 rings (SSSR count). The molecule has 0 saturated carbocycles. The van der Waals surface area contributed by atoms with E-state index in [0.29, 0.717) is 23.7 Å². The molecular weight excluding hydrogens is 220 g/mol. The van der Waals surface area contributed by atoms with Crippen LogP contribution in [0.15, 0.2) is 18.2 Å². The molecule has 0 aliphatic carbocycles. The Kier molecular flexibility index (Phi) is 2.79. The summed E-state index contributed by atoms with van der Waals surface area (Å²) in [7, 11) is 0. The van der Waals surface area contributed by atoms with E-state index in [2.05, 4.69) is 0 Å². The quantitative estimate of drug-likeness (QED) is 0.744. The molecule has 0 saturated heterocycles. The molecule has 0 aromatic heterocycles. The molecule has 1 unspecified atom stereocenters. The Labute approximate surface area is 91.7 Å². The lowest BCUT2D eigenvalue weighted by molar-refractivity contribution is -0.173. The fraction of sp³-hybridized carbons (Fsp3) is 0.300. The zero-order valence-electron chi connectivity index (χ0n) is 8.03. The number of hydrogen-bond donors (Lipinski definition) is 0. The van der Waals surface area contributed by atoms with Crippen LogP contribution in [0.5, 0.6) is 11.5 Å². The molecule has 15 heavy (non-hydrogen) atoms. The summed E-state index contributed by atoms with van der Waals surface area (Å²) in [6, 6.07) is 4.74. The predicted octanol–water partition coefficient (Wildman–Crippen LogP) is 2.16. The summed E-state index contributed by atoms with van der Waals surface area (Å²) in [6.07, 6.45) is 0. The number of fused-ring (bicyclic) bond motifs is 1. The molecule has 1 aromatic rings. The van der Waals surface area contributed by atoms with Gasteiger partial charge in [0.2, 0.25) is 0 Å². The smallest absolute Gasteiger partial charge is 0.361 e. The minimum Gasteiger partial charge on any atom is -0.428 e. The van der Waals surface area contributed by atoms with Crippen LogP contribution >= 0.6 is 11.6 Å². The fourth-order valence-electron chi connectivity index (χ4n) is 1.26. The third-order valence-corrected chi connectivity index (χ3v) is 2.14. The maximum Gasteiger partial charge on any atom is 0.361 e. The number of ether oxygens (including phenoxy) is 3. The molecule has 0 amide bonds. The summed E-state index contributed by atoms with van der Waals surface area (Å²) < 4.78 is 15.7. The summed E-state index contributed by atoms with van der Waals surface area (Å²) in [4.78, 5) is 10.9. The van der Waals surface area contributed by atoms with Crippen LogP contribution in [0.25, 0.3) is 0 Å². The Morgan fingerprint density at radius 3 is 2.87 bits per heavy atom. The van der Waals surface area contributed by atoms with Crippen molar-refractivity contribution in [3.63, 3.8) is 0 Å². The van der Waals surface area contributed by atoms with Gasteiger partial charge in [0.05, 0.1) is 6.61 Å². The maximum atomic E-state index is 10.9. The van der Waals surface area contributed by atoms with Crippen LogP contribution in [0.4, 0.5) is 0 Å². The summed E-state index contributed by atoms with van der Waals surface area (Å²) in [5, 5.41) is -0.527. The number of carbonyl (C=O) groups is 1. The van der Waals surface area contributed by atoms with Gasteiger partial charge in [-0.3, -0.25) is 4.79 Å².